The van der Waals surface area contributed by atoms with Gasteiger partial charge in [-0.3, -0.25) is 19.4 Å². The summed E-state index contributed by atoms with van der Waals surface area (Å²) in [7, 11) is 0. The molecular weight excluding hydrogens is 454 g/mol. The number of H-pyrrole nitrogens is 1. The number of amides is 3. The van der Waals surface area contributed by atoms with Crippen LogP contribution >= 0.6 is 12.6 Å². The molecule has 1 aromatic rings. The predicted molar refractivity (Wildman–Crippen MR) is 123 cm³/mol. The van der Waals surface area contributed by atoms with Crippen molar-refractivity contribution >= 4 is 42.3 Å². The molecule has 0 saturated heterocycles. The molecule has 4 unspecified atom stereocenters. The van der Waals surface area contributed by atoms with Crippen molar-refractivity contribution in [3.8, 4) is 0 Å². The minimum absolute atomic E-state index is 0.0379. The molecule has 0 spiro atoms. The number of guanidine groups is 1. The van der Waals surface area contributed by atoms with E-state index in [0.717, 1.165) is 0 Å². The summed E-state index contributed by atoms with van der Waals surface area (Å²) in [5.74, 6) is -3.25. The summed E-state index contributed by atoms with van der Waals surface area (Å²) in [6.45, 7) is 1.62. The maximum absolute atomic E-state index is 12.8. The molecule has 11 N–H and O–H groups in total. The van der Waals surface area contributed by atoms with Gasteiger partial charge in [0.05, 0.1) is 12.4 Å². The van der Waals surface area contributed by atoms with Crippen LogP contribution in [0.4, 0.5) is 0 Å². The zero-order valence-electron chi connectivity index (χ0n) is 18.2. The smallest absolute Gasteiger partial charge is 0.326 e. The van der Waals surface area contributed by atoms with Crippen molar-refractivity contribution in [3.05, 3.63) is 18.2 Å². The molecule has 4 atom stereocenters. The largest absolute Gasteiger partial charge is 0.480 e. The number of carbonyl (C=O) groups excluding carboxylic acids is 3. The van der Waals surface area contributed by atoms with Gasteiger partial charge in [-0.25, -0.2) is 9.78 Å². The van der Waals surface area contributed by atoms with Gasteiger partial charge in [-0.1, -0.05) is 0 Å². The highest BCUT2D eigenvalue weighted by atomic mass is 32.1. The van der Waals surface area contributed by atoms with Gasteiger partial charge in [0.1, 0.15) is 18.1 Å². The van der Waals surface area contributed by atoms with E-state index in [1.807, 2.05) is 0 Å². The Hall–Kier alpha value is -3.33. The number of hydrogen-bond donors (Lipinski definition) is 9. The summed E-state index contributed by atoms with van der Waals surface area (Å²) < 4.78 is 0. The number of hydrogen-bond acceptors (Lipinski definition) is 8. The Balaban J connectivity index is 2.86. The van der Waals surface area contributed by atoms with Crippen LogP contribution in [0.25, 0.3) is 0 Å². The first kappa shape index (κ1) is 27.7. The lowest BCUT2D eigenvalue weighted by atomic mass is 10.1. The number of nitrogens with two attached hydrogens (primary N) is 3. The fraction of sp³-hybridized carbons (Fsp3) is 0.556. The highest BCUT2D eigenvalue weighted by Gasteiger charge is 2.28. The van der Waals surface area contributed by atoms with Gasteiger partial charge in [-0.2, -0.15) is 12.6 Å². The highest BCUT2D eigenvalue weighted by Crippen LogP contribution is 2.04. The van der Waals surface area contributed by atoms with E-state index in [2.05, 4.69) is 43.5 Å². The van der Waals surface area contributed by atoms with E-state index in [4.69, 9.17) is 17.2 Å². The van der Waals surface area contributed by atoms with Gasteiger partial charge < -0.3 is 43.2 Å². The van der Waals surface area contributed by atoms with Crippen molar-refractivity contribution in [1.82, 2.24) is 25.9 Å². The van der Waals surface area contributed by atoms with Gasteiger partial charge in [-0.05, 0) is 19.8 Å². The molecule has 14 nitrogen and oxygen atoms in total. The number of aliphatic imine (C=N–C) groups is 1. The predicted octanol–water partition coefficient (Wildman–Crippen LogP) is -3.18. The van der Waals surface area contributed by atoms with Gasteiger partial charge in [0.25, 0.3) is 0 Å². The van der Waals surface area contributed by atoms with Gasteiger partial charge in [0.15, 0.2) is 5.96 Å². The molecule has 0 fully saturated rings. The number of nitrogens with one attached hydrogen (secondary N) is 4. The Morgan fingerprint density at radius 2 is 1.82 bits per heavy atom. The van der Waals surface area contributed by atoms with Gasteiger partial charge in [0.2, 0.25) is 17.7 Å². The highest BCUT2D eigenvalue weighted by molar-refractivity contribution is 7.80. The first-order chi connectivity index (χ1) is 15.5. The molecule has 3 amide bonds. The van der Waals surface area contributed by atoms with Crippen LogP contribution in [0.15, 0.2) is 17.5 Å². The lowest BCUT2D eigenvalue weighted by Crippen LogP contribution is -2.56. The number of carbonyl (C=O) groups is 4. The Bertz CT molecular complexity index is 829. The van der Waals surface area contributed by atoms with Crippen LogP contribution < -0.4 is 33.2 Å². The minimum atomic E-state index is -1.26. The molecular formula is C18H31N9O5S. The number of thiol groups is 1. The van der Waals surface area contributed by atoms with Crippen LogP contribution in [0, 0.1) is 0 Å². The maximum Gasteiger partial charge on any atom is 0.326 e. The average Bonchev–Trinajstić information content (AvgIpc) is 3.27. The zero-order valence-corrected chi connectivity index (χ0v) is 19.0. The van der Waals surface area contributed by atoms with Crippen molar-refractivity contribution in [2.45, 2.75) is 50.4 Å². The molecule has 0 aromatic carbocycles. The topological polar surface area (TPSA) is 244 Å². The molecule has 184 valence electrons. The van der Waals surface area contributed by atoms with Crippen molar-refractivity contribution < 1.29 is 24.3 Å². The average molecular weight is 486 g/mol. The van der Waals surface area contributed by atoms with E-state index in [9.17, 15) is 24.3 Å². The van der Waals surface area contributed by atoms with Crippen LogP contribution in [0.2, 0.25) is 0 Å². The molecule has 1 aromatic heterocycles. The van der Waals surface area contributed by atoms with Crippen molar-refractivity contribution in [2.75, 3.05) is 12.3 Å². The zero-order chi connectivity index (χ0) is 25.0. The summed E-state index contributed by atoms with van der Waals surface area (Å²) in [5, 5.41) is 16.8. The molecule has 33 heavy (non-hydrogen) atoms. The number of imidazole rings is 1. The van der Waals surface area contributed by atoms with E-state index in [1.54, 1.807) is 0 Å². The van der Waals surface area contributed by atoms with E-state index in [1.165, 1.54) is 19.4 Å². The van der Waals surface area contributed by atoms with Crippen LogP contribution in [0.5, 0.6) is 0 Å². The molecule has 15 heteroatoms. The monoisotopic (exact) mass is 485 g/mol. The number of aromatic nitrogens is 2. The molecule has 0 radical (unpaired) electrons. The maximum atomic E-state index is 12.8. The Morgan fingerprint density at radius 3 is 2.36 bits per heavy atom. The van der Waals surface area contributed by atoms with Gasteiger partial charge in [-0.15, -0.1) is 0 Å². The number of nitrogens with zero attached hydrogens (tertiary/aromatic N) is 2. The van der Waals surface area contributed by atoms with E-state index in [-0.39, 0.29) is 31.1 Å². The fourth-order valence-electron chi connectivity index (χ4n) is 2.63. The summed E-state index contributed by atoms with van der Waals surface area (Å²) in [6.07, 6.45) is 3.22. The summed E-state index contributed by atoms with van der Waals surface area (Å²) in [4.78, 5) is 59.3. The summed E-state index contributed by atoms with van der Waals surface area (Å²) in [6, 6.07) is -4.27. The Morgan fingerprint density at radius 1 is 1.15 bits per heavy atom. The second-order valence-electron chi connectivity index (χ2n) is 7.21. The van der Waals surface area contributed by atoms with Crippen molar-refractivity contribution in [2.24, 2.45) is 22.2 Å². The van der Waals surface area contributed by atoms with Gasteiger partial charge >= 0.3 is 5.97 Å². The molecule has 0 saturated carbocycles. The Labute approximate surface area is 195 Å². The number of carboxylic acid groups (broad SMARTS) is 1. The SMILES string of the molecule is CC(NC(=O)C(N)CS)C(=O)NC(CCCN=C(N)N)C(=O)NC(Cc1cnc[nH]1)C(=O)O. The fourth-order valence-corrected chi connectivity index (χ4v) is 2.79. The third-order valence-corrected chi connectivity index (χ3v) is 4.85. The summed E-state index contributed by atoms with van der Waals surface area (Å²) >= 11 is 3.93. The van der Waals surface area contributed by atoms with Gasteiger partial charge in [0, 0.05) is 30.6 Å². The van der Waals surface area contributed by atoms with E-state index in [0.29, 0.717) is 12.1 Å². The standard InChI is InChI=1S/C18H31N9O5S/c1-9(25-15(29)11(19)7-33)14(28)26-12(3-2-4-23-18(20)21)16(30)27-13(17(31)32)5-10-6-22-8-24-10/h6,8-9,11-13,33H,2-5,7,19H2,1H3,(H,22,24)(H,25,29)(H,26,28)(H,27,30)(H,31,32)(H4,20,21,23). The quantitative estimate of drug-likeness (QED) is 0.0557. The third kappa shape index (κ3) is 10.2. The molecule has 0 aliphatic carbocycles. The van der Waals surface area contributed by atoms with Crippen LogP contribution in [-0.4, -0.2) is 81.2 Å². The first-order valence-corrected chi connectivity index (χ1v) is 10.7. The lowest BCUT2D eigenvalue weighted by Gasteiger charge is -2.23. The van der Waals surface area contributed by atoms with Crippen molar-refractivity contribution in [1.29, 1.82) is 0 Å². The minimum Gasteiger partial charge on any atom is -0.480 e. The molecule has 0 aliphatic rings. The summed E-state index contributed by atoms with van der Waals surface area (Å²) in [5.41, 5.74) is 16.7. The third-order valence-electron chi connectivity index (χ3n) is 4.46. The number of aromatic amines is 1. The molecule has 1 heterocycles. The Kier molecular flexibility index (Phi) is 11.7. The lowest BCUT2D eigenvalue weighted by molar-refractivity contribution is -0.142. The van der Waals surface area contributed by atoms with Crippen LogP contribution in [-0.2, 0) is 25.6 Å². The number of carboxylic acids is 1. The first-order valence-electron chi connectivity index (χ1n) is 10.1. The number of rotatable bonds is 14. The van der Waals surface area contributed by atoms with Crippen molar-refractivity contribution in [3.63, 3.8) is 0 Å². The van der Waals surface area contributed by atoms with Crippen LogP contribution in [0.1, 0.15) is 25.5 Å². The second kappa shape index (κ2) is 13.9. The number of aliphatic carboxylic acids is 1. The normalized spacial score (nSPS) is 14.3. The second-order valence-corrected chi connectivity index (χ2v) is 7.57. The molecule has 0 bridgehead atoms. The van der Waals surface area contributed by atoms with E-state index < -0.39 is 47.9 Å². The van der Waals surface area contributed by atoms with Crippen LogP contribution in [0.3, 0.4) is 0 Å². The molecule has 0 aliphatic heterocycles. The van der Waals surface area contributed by atoms with E-state index >= 15 is 0 Å². The molecule has 1 rings (SSSR count).